The molecule has 1 aromatic carbocycles. The minimum Gasteiger partial charge on any atom is -0.497 e. The van der Waals surface area contributed by atoms with Crippen LogP contribution in [0.25, 0.3) is 11.3 Å². The number of pyridine rings is 1. The van der Waals surface area contributed by atoms with Gasteiger partial charge in [0.15, 0.2) is 11.5 Å². The number of primary amides is 1. The van der Waals surface area contributed by atoms with Crippen LogP contribution in [0.4, 0.5) is 10.6 Å². The minimum absolute atomic E-state index is 0.0509. The van der Waals surface area contributed by atoms with E-state index >= 15 is 0 Å². The second kappa shape index (κ2) is 9.10. The third-order valence-electron chi connectivity index (χ3n) is 5.60. The van der Waals surface area contributed by atoms with Gasteiger partial charge in [-0.15, -0.1) is 0 Å². The van der Waals surface area contributed by atoms with E-state index in [0.717, 1.165) is 4.68 Å². The first-order chi connectivity index (χ1) is 16.3. The highest BCUT2D eigenvalue weighted by molar-refractivity contribution is 6.04. The fourth-order valence-electron chi connectivity index (χ4n) is 3.96. The topological polar surface area (TPSA) is 179 Å². The van der Waals surface area contributed by atoms with Gasteiger partial charge in [0.25, 0.3) is 11.8 Å². The summed E-state index contributed by atoms with van der Waals surface area (Å²) >= 11 is 0. The van der Waals surface area contributed by atoms with Gasteiger partial charge < -0.3 is 26.7 Å². The Morgan fingerprint density at radius 1 is 1.21 bits per heavy atom. The molecule has 0 spiro atoms. The van der Waals surface area contributed by atoms with E-state index in [4.69, 9.17) is 16.3 Å². The van der Waals surface area contributed by atoms with Crippen LogP contribution in [-0.2, 0) is 0 Å². The summed E-state index contributed by atoms with van der Waals surface area (Å²) in [5.41, 5.74) is 6.55. The number of ether oxygens (including phenoxy) is 1. The SMILES string of the molecule is COc1ccnc(NC(=O)c2ccc(-c3nc(C4CCCN4C(=O)O)n(N)c3C(N)=O)cc2)c1. The maximum atomic E-state index is 12.6. The van der Waals surface area contributed by atoms with E-state index < -0.39 is 23.9 Å². The van der Waals surface area contributed by atoms with E-state index in [1.54, 1.807) is 36.4 Å². The van der Waals surface area contributed by atoms with Crippen LogP contribution in [0.2, 0.25) is 0 Å². The maximum Gasteiger partial charge on any atom is 0.407 e. The average molecular weight is 465 g/mol. The molecule has 6 N–H and O–H groups in total. The van der Waals surface area contributed by atoms with E-state index in [1.165, 1.54) is 18.2 Å². The Morgan fingerprint density at radius 2 is 1.94 bits per heavy atom. The molecule has 1 aliphatic heterocycles. The molecule has 12 nitrogen and oxygen atoms in total. The van der Waals surface area contributed by atoms with Crippen molar-refractivity contribution in [1.82, 2.24) is 19.5 Å². The maximum absolute atomic E-state index is 12.6. The Labute approximate surface area is 194 Å². The van der Waals surface area contributed by atoms with Crippen LogP contribution >= 0.6 is 0 Å². The third-order valence-corrected chi connectivity index (χ3v) is 5.60. The van der Waals surface area contributed by atoms with Crippen LogP contribution in [0, 0.1) is 0 Å². The highest BCUT2D eigenvalue weighted by Crippen LogP contribution is 2.34. The smallest absolute Gasteiger partial charge is 0.407 e. The second-order valence-electron chi connectivity index (χ2n) is 7.65. The molecule has 12 heteroatoms. The van der Waals surface area contributed by atoms with Gasteiger partial charge in [-0.3, -0.25) is 14.5 Å². The summed E-state index contributed by atoms with van der Waals surface area (Å²) in [7, 11) is 1.51. The van der Waals surface area contributed by atoms with Gasteiger partial charge in [0.1, 0.15) is 17.3 Å². The van der Waals surface area contributed by atoms with Crippen molar-refractivity contribution >= 4 is 23.7 Å². The van der Waals surface area contributed by atoms with Crippen LogP contribution in [-0.4, -0.2) is 56.2 Å². The molecule has 176 valence electrons. The number of hydrogen-bond donors (Lipinski definition) is 4. The largest absolute Gasteiger partial charge is 0.497 e. The van der Waals surface area contributed by atoms with Crippen molar-refractivity contribution < 1.29 is 24.2 Å². The van der Waals surface area contributed by atoms with E-state index in [2.05, 4.69) is 15.3 Å². The van der Waals surface area contributed by atoms with Crippen molar-refractivity contribution in [2.24, 2.45) is 5.73 Å². The molecule has 34 heavy (non-hydrogen) atoms. The van der Waals surface area contributed by atoms with Gasteiger partial charge in [-0.1, -0.05) is 12.1 Å². The van der Waals surface area contributed by atoms with Crippen LogP contribution in [0.1, 0.15) is 45.6 Å². The van der Waals surface area contributed by atoms with Crippen molar-refractivity contribution in [1.29, 1.82) is 0 Å². The molecule has 1 aliphatic rings. The third kappa shape index (κ3) is 4.20. The van der Waals surface area contributed by atoms with Crippen molar-refractivity contribution in [3.63, 3.8) is 0 Å². The number of nitrogen functional groups attached to an aromatic ring is 1. The van der Waals surface area contributed by atoms with E-state index in [-0.39, 0.29) is 17.2 Å². The molecular weight excluding hydrogens is 442 g/mol. The summed E-state index contributed by atoms with van der Waals surface area (Å²) in [6.45, 7) is 0.347. The zero-order valence-corrected chi connectivity index (χ0v) is 18.3. The molecule has 4 rings (SSSR count). The number of amides is 3. The first kappa shape index (κ1) is 22.6. The number of anilines is 1. The van der Waals surface area contributed by atoms with Crippen LogP contribution < -0.4 is 21.6 Å². The normalized spacial score (nSPS) is 15.2. The van der Waals surface area contributed by atoms with Crippen molar-refractivity contribution in [2.75, 3.05) is 24.8 Å². The number of aromatic nitrogens is 3. The zero-order valence-electron chi connectivity index (χ0n) is 18.3. The summed E-state index contributed by atoms with van der Waals surface area (Å²) in [6.07, 6.45) is 1.60. The number of nitrogens with zero attached hydrogens (tertiary/aromatic N) is 4. The number of rotatable bonds is 6. The molecule has 0 aliphatic carbocycles. The highest BCUT2D eigenvalue weighted by atomic mass is 16.5. The number of benzene rings is 1. The number of hydrogen-bond acceptors (Lipinski definition) is 7. The number of methoxy groups -OCH3 is 1. The molecule has 3 aromatic rings. The van der Waals surface area contributed by atoms with Gasteiger partial charge in [0.05, 0.1) is 13.2 Å². The van der Waals surface area contributed by atoms with Gasteiger partial charge in [-0.05, 0) is 31.0 Å². The Balaban J connectivity index is 1.62. The van der Waals surface area contributed by atoms with E-state index in [0.29, 0.717) is 42.1 Å². The van der Waals surface area contributed by atoms with E-state index in [9.17, 15) is 19.5 Å². The first-order valence-corrected chi connectivity index (χ1v) is 10.4. The van der Waals surface area contributed by atoms with Crippen LogP contribution in [0.15, 0.2) is 42.6 Å². The van der Waals surface area contributed by atoms with Gasteiger partial charge in [-0.25, -0.2) is 19.4 Å². The molecule has 1 atom stereocenters. The number of likely N-dealkylation sites (tertiary alicyclic amines) is 1. The molecule has 1 saturated heterocycles. The number of nitrogens with two attached hydrogens (primary N) is 2. The molecule has 3 heterocycles. The summed E-state index contributed by atoms with van der Waals surface area (Å²) < 4.78 is 6.18. The standard InChI is InChI=1S/C22H23N7O5/c1-34-14-8-9-25-16(11-14)26-21(31)13-6-4-12(5-7-13)17-18(19(23)30)29(24)20(27-17)15-3-2-10-28(15)22(32)33/h4-9,11,15H,2-3,10,24H2,1H3,(H2,23,30)(H,32,33)(H,25,26,31). The number of nitrogens with one attached hydrogen (secondary N) is 1. The quantitative estimate of drug-likeness (QED) is 0.398. The lowest BCUT2D eigenvalue weighted by Gasteiger charge is -2.20. The lowest BCUT2D eigenvalue weighted by Crippen LogP contribution is -2.32. The fraction of sp³-hybridized carbons (Fsp3) is 0.227. The molecule has 1 fully saturated rings. The van der Waals surface area contributed by atoms with Crippen LogP contribution in [0.5, 0.6) is 5.75 Å². The lowest BCUT2D eigenvalue weighted by molar-refractivity contribution is 0.0991. The Kier molecular flexibility index (Phi) is 6.04. The molecule has 0 saturated carbocycles. The summed E-state index contributed by atoms with van der Waals surface area (Å²) in [4.78, 5) is 46.1. The molecule has 0 bridgehead atoms. The first-order valence-electron chi connectivity index (χ1n) is 10.4. The Bertz CT molecular complexity index is 1260. The van der Waals surface area contributed by atoms with Gasteiger partial charge >= 0.3 is 6.09 Å². The predicted molar refractivity (Wildman–Crippen MR) is 122 cm³/mol. The predicted octanol–water partition coefficient (Wildman–Crippen LogP) is 1.83. The number of imidazole rings is 1. The highest BCUT2D eigenvalue weighted by Gasteiger charge is 2.35. The molecular formula is C22H23N7O5. The number of carbonyl (C=O) groups is 3. The van der Waals surface area contributed by atoms with Gasteiger partial charge in [0, 0.05) is 29.9 Å². The monoisotopic (exact) mass is 465 g/mol. The summed E-state index contributed by atoms with van der Waals surface area (Å²) in [5, 5.41) is 12.1. The molecule has 1 unspecified atom stereocenters. The molecule has 3 amide bonds. The van der Waals surface area contributed by atoms with E-state index in [1.807, 2.05) is 0 Å². The Morgan fingerprint density at radius 3 is 2.59 bits per heavy atom. The lowest BCUT2D eigenvalue weighted by atomic mass is 10.1. The van der Waals surface area contributed by atoms with Crippen molar-refractivity contribution in [2.45, 2.75) is 18.9 Å². The fourth-order valence-corrected chi connectivity index (χ4v) is 3.96. The van der Waals surface area contributed by atoms with Crippen molar-refractivity contribution in [3.8, 4) is 17.0 Å². The second-order valence-corrected chi connectivity index (χ2v) is 7.65. The molecule has 0 radical (unpaired) electrons. The number of carboxylic acid groups (broad SMARTS) is 1. The van der Waals surface area contributed by atoms with Gasteiger partial charge in [-0.2, -0.15) is 0 Å². The minimum atomic E-state index is -1.09. The summed E-state index contributed by atoms with van der Waals surface area (Å²) in [6, 6.07) is 8.99. The zero-order chi connectivity index (χ0) is 24.4. The Hall–Kier alpha value is -4.61. The van der Waals surface area contributed by atoms with Crippen molar-refractivity contribution in [3.05, 3.63) is 59.7 Å². The number of carbonyl (C=O) groups excluding carboxylic acids is 2. The molecule has 2 aromatic heterocycles. The van der Waals surface area contributed by atoms with Crippen LogP contribution in [0.3, 0.4) is 0 Å². The summed E-state index contributed by atoms with van der Waals surface area (Å²) in [5.74, 6) is 6.04. The van der Waals surface area contributed by atoms with Gasteiger partial charge in [0.2, 0.25) is 0 Å². The average Bonchev–Trinajstić information content (AvgIpc) is 3.44.